The number of H-pyrrole nitrogens is 1. The molecule has 16 N–H and O–H groups in total. The van der Waals surface area contributed by atoms with Crippen LogP contribution in [0.2, 0.25) is 0 Å². The van der Waals surface area contributed by atoms with Crippen molar-refractivity contribution < 1.29 is 48.9 Å². The van der Waals surface area contributed by atoms with Crippen molar-refractivity contribution in [3.05, 3.63) is 36.0 Å². The smallest absolute Gasteiger partial charge is 0.326 e. The van der Waals surface area contributed by atoms with Crippen LogP contribution in [0.1, 0.15) is 44.1 Å². The number of amides is 5. The second-order valence-electron chi connectivity index (χ2n) is 11.3. The lowest BCUT2D eigenvalue weighted by Gasteiger charge is -2.25. The Morgan fingerprint density at radius 3 is 1.96 bits per heavy atom. The molecule has 1 heterocycles. The Labute approximate surface area is 285 Å². The van der Waals surface area contributed by atoms with Gasteiger partial charge in [-0.3, -0.25) is 33.8 Å². The lowest BCUT2D eigenvalue weighted by Crippen LogP contribution is -2.59. The van der Waals surface area contributed by atoms with E-state index in [0.29, 0.717) is 22.9 Å². The number of rotatable bonds is 22. The maximum atomic E-state index is 13.4. The summed E-state index contributed by atoms with van der Waals surface area (Å²) in [5.41, 5.74) is 22.8. The van der Waals surface area contributed by atoms with E-state index in [1.165, 1.54) is 0 Å². The van der Waals surface area contributed by atoms with Gasteiger partial charge in [-0.2, -0.15) is 0 Å². The van der Waals surface area contributed by atoms with Crippen molar-refractivity contribution in [1.82, 2.24) is 26.3 Å². The van der Waals surface area contributed by atoms with E-state index >= 15 is 0 Å². The number of aromatic nitrogens is 1. The first-order chi connectivity index (χ1) is 23.6. The number of carbonyl (C=O) groups is 7. The van der Waals surface area contributed by atoms with Gasteiger partial charge in [-0.25, -0.2) is 4.79 Å². The average molecular weight is 705 g/mol. The van der Waals surface area contributed by atoms with Gasteiger partial charge in [-0.15, -0.1) is 0 Å². The number of carbonyl (C=O) groups excluding carboxylic acids is 5. The second-order valence-corrected chi connectivity index (χ2v) is 11.3. The van der Waals surface area contributed by atoms with E-state index in [0.717, 1.165) is 0 Å². The minimum atomic E-state index is -1.71. The van der Waals surface area contributed by atoms with Gasteiger partial charge in [0.15, 0.2) is 5.96 Å². The molecule has 0 aliphatic heterocycles. The monoisotopic (exact) mass is 704 g/mol. The number of aliphatic imine (C=N–C) groups is 1. The Morgan fingerprint density at radius 1 is 0.760 bits per heavy atom. The molecule has 0 fully saturated rings. The zero-order chi connectivity index (χ0) is 37.4. The summed E-state index contributed by atoms with van der Waals surface area (Å²) in [6.45, 7) is -0.803. The molecule has 2 rings (SSSR count). The number of aliphatic hydroxyl groups excluding tert-OH is 1. The number of aromatic amines is 1. The lowest BCUT2D eigenvalue weighted by atomic mass is 10.0. The number of nitrogens with two attached hydrogens (primary N) is 4. The van der Waals surface area contributed by atoms with Gasteiger partial charge in [-0.1, -0.05) is 18.2 Å². The van der Waals surface area contributed by atoms with Crippen LogP contribution in [0, 0.1) is 0 Å². The van der Waals surface area contributed by atoms with Crippen LogP contribution in [0.5, 0.6) is 0 Å². The third-order valence-corrected chi connectivity index (χ3v) is 7.43. The van der Waals surface area contributed by atoms with E-state index in [2.05, 4.69) is 31.2 Å². The molecule has 1 aromatic heterocycles. The third-order valence-electron chi connectivity index (χ3n) is 7.43. The van der Waals surface area contributed by atoms with Gasteiger partial charge >= 0.3 is 11.9 Å². The normalized spacial score (nSPS) is 13.9. The first-order valence-electron chi connectivity index (χ1n) is 15.5. The molecule has 0 unspecified atom stereocenters. The van der Waals surface area contributed by atoms with Crippen LogP contribution in [0.4, 0.5) is 0 Å². The SMILES string of the molecule is NC(=O)CC[C@H](NC(=O)[C@H](Cc1c[nH]c2ccccc12)NC(=O)[C@H](CO)NC(=O)[C@H](CCC(=O)O)NC(=O)[C@@H](N)CCCN=C(N)N)C(=O)O. The van der Waals surface area contributed by atoms with Crippen LogP contribution in [0.15, 0.2) is 35.5 Å². The lowest BCUT2D eigenvalue weighted by molar-refractivity contribution is -0.143. The van der Waals surface area contributed by atoms with Crippen LogP contribution in [-0.4, -0.2) is 111 Å². The molecule has 0 aliphatic rings. The number of primary amides is 1. The fourth-order valence-corrected chi connectivity index (χ4v) is 4.75. The van der Waals surface area contributed by atoms with Gasteiger partial charge in [0.25, 0.3) is 0 Å². The highest BCUT2D eigenvalue weighted by atomic mass is 16.4. The van der Waals surface area contributed by atoms with Crippen molar-refractivity contribution in [3.8, 4) is 0 Å². The largest absolute Gasteiger partial charge is 0.481 e. The minimum Gasteiger partial charge on any atom is -0.481 e. The molecule has 0 aliphatic carbocycles. The number of aliphatic hydroxyl groups is 1. The zero-order valence-corrected chi connectivity index (χ0v) is 27.1. The Morgan fingerprint density at radius 2 is 1.34 bits per heavy atom. The summed E-state index contributed by atoms with van der Waals surface area (Å²) in [6.07, 6.45) is 0.211. The number of carboxylic acids is 2. The Balaban J connectivity index is 2.25. The van der Waals surface area contributed by atoms with Crippen molar-refractivity contribution in [3.63, 3.8) is 0 Å². The number of carboxylic acid groups (broad SMARTS) is 2. The summed E-state index contributed by atoms with van der Waals surface area (Å²) in [5, 5.41) is 38.8. The average Bonchev–Trinajstić information content (AvgIpc) is 3.46. The summed E-state index contributed by atoms with van der Waals surface area (Å²) in [5.74, 6) is -7.53. The first kappa shape index (κ1) is 40.4. The molecule has 0 spiro atoms. The van der Waals surface area contributed by atoms with Crippen molar-refractivity contribution in [2.45, 2.75) is 75.2 Å². The zero-order valence-electron chi connectivity index (χ0n) is 27.1. The molecule has 0 saturated heterocycles. The number of guanidine groups is 1. The number of para-hydroxylation sites is 1. The van der Waals surface area contributed by atoms with Gasteiger partial charge in [0.2, 0.25) is 29.5 Å². The topological polar surface area (TPSA) is 361 Å². The molecular formula is C30H44N10O10. The van der Waals surface area contributed by atoms with E-state index < -0.39 is 91.1 Å². The molecule has 0 bridgehead atoms. The quantitative estimate of drug-likeness (QED) is 0.0319. The highest BCUT2D eigenvalue weighted by Gasteiger charge is 2.32. The van der Waals surface area contributed by atoms with Crippen molar-refractivity contribution in [2.75, 3.05) is 13.2 Å². The van der Waals surface area contributed by atoms with Gasteiger partial charge < -0.3 is 64.5 Å². The van der Waals surface area contributed by atoms with E-state index in [1.54, 1.807) is 30.5 Å². The number of hydrogen-bond acceptors (Lipinski definition) is 10. The second kappa shape index (κ2) is 19.9. The highest BCUT2D eigenvalue weighted by Crippen LogP contribution is 2.19. The Hall–Kier alpha value is -5.76. The summed E-state index contributed by atoms with van der Waals surface area (Å²) >= 11 is 0. The Kier molecular flexibility index (Phi) is 16.1. The van der Waals surface area contributed by atoms with E-state index in [4.69, 9.17) is 28.0 Å². The first-order valence-corrected chi connectivity index (χ1v) is 15.5. The van der Waals surface area contributed by atoms with Gasteiger partial charge in [0, 0.05) is 42.9 Å². The van der Waals surface area contributed by atoms with Crippen molar-refractivity contribution in [1.29, 1.82) is 0 Å². The maximum absolute atomic E-state index is 13.4. The van der Waals surface area contributed by atoms with Crippen LogP contribution >= 0.6 is 0 Å². The predicted molar refractivity (Wildman–Crippen MR) is 178 cm³/mol. The molecule has 0 saturated carbocycles. The maximum Gasteiger partial charge on any atom is 0.326 e. The number of nitrogens with zero attached hydrogens (tertiary/aromatic N) is 1. The third kappa shape index (κ3) is 13.4. The summed E-state index contributed by atoms with van der Waals surface area (Å²) < 4.78 is 0. The molecular weight excluding hydrogens is 660 g/mol. The van der Waals surface area contributed by atoms with Crippen LogP contribution in [0.25, 0.3) is 10.9 Å². The van der Waals surface area contributed by atoms with Crippen LogP contribution in [0.3, 0.4) is 0 Å². The molecule has 20 heteroatoms. The van der Waals surface area contributed by atoms with Gasteiger partial charge in [0.1, 0.15) is 24.2 Å². The number of aliphatic carboxylic acids is 2. The van der Waals surface area contributed by atoms with Gasteiger partial charge in [-0.05, 0) is 37.3 Å². The van der Waals surface area contributed by atoms with Gasteiger partial charge in [0.05, 0.1) is 12.6 Å². The molecule has 5 atom stereocenters. The van der Waals surface area contributed by atoms with E-state index in [9.17, 15) is 43.8 Å². The van der Waals surface area contributed by atoms with Crippen molar-refractivity contribution >= 4 is 58.3 Å². The number of benzene rings is 1. The molecule has 1 aromatic carbocycles. The molecule has 50 heavy (non-hydrogen) atoms. The Bertz CT molecular complexity index is 1560. The molecule has 274 valence electrons. The highest BCUT2D eigenvalue weighted by molar-refractivity contribution is 5.96. The fraction of sp³-hybridized carbons (Fsp3) is 0.467. The molecule has 20 nitrogen and oxygen atoms in total. The fourth-order valence-electron chi connectivity index (χ4n) is 4.75. The van der Waals surface area contributed by atoms with E-state index in [1.807, 2.05) is 0 Å². The predicted octanol–water partition coefficient (Wildman–Crippen LogP) is -3.76. The molecule has 5 amide bonds. The minimum absolute atomic E-state index is 0.114. The molecule has 0 radical (unpaired) electrons. The van der Waals surface area contributed by atoms with Crippen LogP contribution in [-0.2, 0) is 40.0 Å². The number of nitrogens with one attached hydrogen (secondary N) is 5. The summed E-state index contributed by atoms with van der Waals surface area (Å²) in [6, 6.07) is -0.273. The van der Waals surface area contributed by atoms with Crippen molar-refractivity contribution in [2.24, 2.45) is 27.9 Å². The van der Waals surface area contributed by atoms with E-state index in [-0.39, 0.29) is 38.2 Å². The molecule has 2 aromatic rings. The summed E-state index contributed by atoms with van der Waals surface area (Å²) in [4.78, 5) is 93.8. The summed E-state index contributed by atoms with van der Waals surface area (Å²) in [7, 11) is 0. The number of fused-ring (bicyclic) bond motifs is 1. The number of hydrogen-bond donors (Lipinski definition) is 12. The van der Waals surface area contributed by atoms with Crippen LogP contribution < -0.4 is 44.2 Å². The standard InChI is InChI=1S/C30H44N10O10/c31-17(5-3-11-35-30(33)34)25(45)37-19(8-10-24(43)44)26(46)40-22(14-41)28(48)39-21(12-15-13-36-18-6-2-1-4-16(15)18)27(47)38-20(29(49)50)7-9-23(32)42/h1-2,4,6,13,17,19-22,36,41H,3,5,7-12,14,31H2,(H2,32,42)(H,37,45)(H,38,47)(H,39,48)(H,40,46)(H,43,44)(H,49,50)(H4,33,34,35)/t17-,19-,20-,21-,22-/m0/s1.